The number of halogens is 2. The highest BCUT2D eigenvalue weighted by atomic mass is 79.9. The molecule has 29 heavy (non-hydrogen) atoms. The molecule has 5 heteroatoms. The normalized spacial score (nSPS) is 15.7. The van der Waals surface area contributed by atoms with Crippen LogP contribution in [-0.2, 0) is 0 Å². The van der Waals surface area contributed by atoms with Crippen molar-refractivity contribution in [2.24, 2.45) is 5.92 Å². The molecule has 1 fully saturated rings. The molecule has 0 saturated carbocycles. The molecule has 1 saturated heterocycles. The van der Waals surface area contributed by atoms with Gasteiger partial charge in [0.05, 0.1) is 5.69 Å². The monoisotopic (exact) mass is 517 g/mol. The number of fused-ring (bicyclic) bond motifs is 1. The van der Waals surface area contributed by atoms with Crippen LogP contribution in [0.4, 0.5) is 5.69 Å². The van der Waals surface area contributed by atoms with Crippen molar-refractivity contribution in [3.05, 3.63) is 50.2 Å². The molecule has 3 heterocycles. The maximum absolute atomic E-state index is 4.98. The molecule has 0 bridgehead atoms. The summed E-state index contributed by atoms with van der Waals surface area (Å²) in [6, 6.07) is 6.73. The van der Waals surface area contributed by atoms with Crippen LogP contribution in [0.1, 0.15) is 56.4 Å². The number of benzene rings is 1. The van der Waals surface area contributed by atoms with E-state index in [1.54, 1.807) is 0 Å². The molecule has 4 rings (SSSR count). The first kappa shape index (κ1) is 20.9. The first-order valence-corrected chi connectivity index (χ1v) is 12.1. The highest BCUT2D eigenvalue weighted by Gasteiger charge is 2.23. The molecule has 1 aliphatic heterocycles. The Labute approximate surface area is 190 Å². The lowest BCUT2D eigenvalue weighted by molar-refractivity contribution is 0.439. The van der Waals surface area contributed by atoms with Crippen LogP contribution in [0.2, 0.25) is 0 Å². The number of aryl methyl sites for hydroxylation is 2. The third-order valence-electron chi connectivity index (χ3n) is 6.12. The summed E-state index contributed by atoms with van der Waals surface area (Å²) in [6.07, 6.45) is 4.75. The zero-order valence-electron chi connectivity index (χ0n) is 17.9. The second-order valence-corrected chi connectivity index (χ2v) is 10.5. The molecule has 3 aromatic rings. The maximum Gasteiger partial charge on any atom is 0.147 e. The van der Waals surface area contributed by atoms with E-state index in [0.29, 0.717) is 5.92 Å². The predicted octanol–water partition coefficient (Wildman–Crippen LogP) is 7.53. The van der Waals surface area contributed by atoms with Gasteiger partial charge in [-0.3, -0.25) is 4.57 Å². The quantitative estimate of drug-likeness (QED) is 0.357. The summed E-state index contributed by atoms with van der Waals surface area (Å²) in [5.74, 6) is 1.30. The van der Waals surface area contributed by atoms with E-state index >= 15 is 0 Å². The number of nitrogens with zero attached hydrogens (tertiary/aromatic N) is 3. The topological polar surface area (TPSA) is 21.1 Å². The minimum absolute atomic E-state index is 0.480. The number of anilines is 1. The van der Waals surface area contributed by atoms with Crippen LogP contribution >= 0.6 is 31.9 Å². The number of hydrogen-bond donors (Lipinski definition) is 0. The van der Waals surface area contributed by atoms with Crippen LogP contribution in [0.3, 0.4) is 0 Å². The number of piperidine rings is 1. The zero-order valence-corrected chi connectivity index (χ0v) is 21.1. The van der Waals surface area contributed by atoms with Crippen molar-refractivity contribution in [1.29, 1.82) is 0 Å². The molecule has 0 atom stereocenters. The molecule has 0 amide bonds. The molecule has 2 aromatic heterocycles. The second kappa shape index (κ2) is 8.07. The number of aromatic nitrogens is 2. The Morgan fingerprint density at radius 1 is 1.03 bits per heavy atom. The van der Waals surface area contributed by atoms with Crippen LogP contribution in [0.5, 0.6) is 0 Å². The summed E-state index contributed by atoms with van der Waals surface area (Å²) >= 11 is 7.66. The van der Waals surface area contributed by atoms with Gasteiger partial charge in [-0.2, -0.15) is 0 Å². The molecule has 1 aliphatic rings. The van der Waals surface area contributed by atoms with Gasteiger partial charge in [0.2, 0.25) is 0 Å². The summed E-state index contributed by atoms with van der Waals surface area (Å²) in [4.78, 5) is 7.53. The van der Waals surface area contributed by atoms with Gasteiger partial charge in [0.25, 0.3) is 0 Å². The third-order valence-corrected chi connectivity index (χ3v) is 7.33. The fraction of sp³-hybridized carbons (Fsp3) is 0.458. The van der Waals surface area contributed by atoms with E-state index in [-0.39, 0.29) is 0 Å². The molecule has 0 unspecified atom stereocenters. The van der Waals surface area contributed by atoms with Crippen LogP contribution in [-0.4, -0.2) is 22.6 Å². The molecule has 0 radical (unpaired) electrons. The highest BCUT2D eigenvalue weighted by molar-refractivity contribution is 9.11. The Kier molecular flexibility index (Phi) is 5.82. The standard InChI is InChI=1S/C24H29Br2N3/c1-14(2)18-11-19(25)23(20(26)12-18)29-13-16(4)22-21(10-17(5)27-24(22)29)28-8-6-15(3)7-9-28/h10-15H,6-9H2,1-5H3. The van der Waals surface area contributed by atoms with Crippen LogP contribution < -0.4 is 4.90 Å². The SMILES string of the molecule is Cc1cc(N2CCC(C)CC2)c2c(C)cn(-c3c(Br)cc(C(C)C)cc3Br)c2n1. The van der Waals surface area contributed by atoms with Crippen molar-refractivity contribution in [1.82, 2.24) is 9.55 Å². The van der Waals surface area contributed by atoms with Gasteiger partial charge in [-0.1, -0.05) is 20.8 Å². The Bertz CT molecular complexity index is 1040. The van der Waals surface area contributed by atoms with Crippen molar-refractivity contribution < 1.29 is 0 Å². The van der Waals surface area contributed by atoms with Crippen molar-refractivity contribution in [3.63, 3.8) is 0 Å². The van der Waals surface area contributed by atoms with E-state index in [2.05, 4.69) is 100 Å². The average molecular weight is 519 g/mol. The van der Waals surface area contributed by atoms with Crippen molar-refractivity contribution in [2.45, 2.75) is 53.4 Å². The third kappa shape index (κ3) is 3.88. The Balaban J connectivity index is 1.90. The van der Waals surface area contributed by atoms with Crippen LogP contribution in [0.15, 0.2) is 33.3 Å². The van der Waals surface area contributed by atoms with Gasteiger partial charge >= 0.3 is 0 Å². The summed E-state index contributed by atoms with van der Waals surface area (Å²) in [5.41, 5.74) is 7.14. The minimum Gasteiger partial charge on any atom is -0.371 e. The number of rotatable bonds is 3. The molecule has 1 aromatic carbocycles. The summed E-state index contributed by atoms with van der Waals surface area (Å²) in [6.45, 7) is 13.4. The Hall–Kier alpha value is -1.33. The van der Waals surface area contributed by atoms with Gasteiger partial charge in [-0.25, -0.2) is 4.98 Å². The van der Waals surface area contributed by atoms with E-state index in [4.69, 9.17) is 4.98 Å². The second-order valence-electron chi connectivity index (χ2n) is 8.82. The Morgan fingerprint density at radius 3 is 2.24 bits per heavy atom. The van der Waals surface area contributed by atoms with Gasteiger partial charge in [0.15, 0.2) is 0 Å². The van der Waals surface area contributed by atoms with Gasteiger partial charge in [0, 0.05) is 45.0 Å². The first-order chi connectivity index (χ1) is 13.8. The van der Waals surface area contributed by atoms with E-state index < -0.39 is 0 Å². The molecule has 0 spiro atoms. The number of hydrogen-bond acceptors (Lipinski definition) is 2. The van der Waals surface area contributed by atoms with Crippen LogP contribution in [0, 0.1) is 19.8 Å². The summed E-state index contributed by atoms with van der Waals surface area (Å²) < 4.78 is 4.42. The summed E-state index contributed by atoms with van der Waals surface area (Å²) in [5, 5.41) is 1.27. The molecule has 3 nitrogen and oxygen atoms in total. The van der Waals surface area contributed by atoms with Crippen LogP contribution in [0.25, 0.3) is 16.7 Å². The van der Waals surface area contributed by atoms with Gasteiger partial charge in [-0.15, -0.1) is 0 Å². The summed E-state index contributed by atoms with van der Waals surface area (Å²) in [7, 11) is 0. The number of pyridine rings is 1. The van der Waals surface area contributed by atoms with E-state index in [0.717, 1.165) is 45.0 Å². The fourth-order valence-corrected chi connectivity index (χ4v) is 5.93. The van der Waals surface area contributed by atoms with Crippen molar-refractivity contribution in [3.8, 4) is 5.69 Å². The Morgan fingerprint density at radius 2 is 1.66 bits per heavy atom. The largest absolute Gasteiger partial charge is 0.371 e. The molecule has 0 N–H and O–H groups in total. The van der Waals surface area contributed by atoms with E-state index in [1.165, 1.54) is 35.0 Å². The maximum atomic E-state index is 4.98. The predicted molar refractivity (Wildman–Crippen MR) is 131 cm³/mol. The van der Waals surface area contributed by atoms with Crippen molar-refractivity contribution in [2.75, 3.05) is 18.0 Å². The lowest BCUT2D eigenvalue weighted by atomic mass is 9.98. The highest BCUT2D eigenvalue weighted by Crippen LogP contribution is 2.39. The van der Waals surface area contributed by atoms with Gasteiger partial charge < -0.3 is 4.90 Å². The fourth-order valence-electron chi connectivity index (χ4n) is 4.33. The van der Waals surface area contributed by atoms with E-state index in [1.807, 2.05) is 0 Å². The van der Waals surface area contributed by atoms with Gasteiger partial charge in [-0.05, 0) is 99.7 Å². The average Bonchev–Trinajstić information content (AvgIpc) is 2.97. The zero-order chi connectivity index (χ0) is 20.9. The van der Waals surface area contributed by atoms with Crippen molar-refractivity contribution >= 4 is 48.6 Å². The molecule has 154 valence electrons. The van der Waals surface area contributed by atoms with Gasteiger partial charge in [0.1, 0.15) is 5.65 Å². The first-order valence-electron chi connectivity index (χ1n) is 10.5. The minimum atomic E-state index is 0.480. The smallest absolute Gasteiger partial charge is 0.147 e. The lowest BCUT2D eigenvalue weighted by Crippen LogP contribution is -2.33. The van der Waals surface area contributed by atoms with E-state index in [9.17, 15) is 0 Å². The molecule has 0 aliphatic carbocycles. The lowest BCUT2D eigenvalue weighted by Gasteiger charge is -2.33. The molecular formula is C24H29Br2N3. The molecular weight excluding hydrogens is 490 g/mol.